The Labute approximate surface area is 172 Å². The Kier molecular flexibility index (Phi) is 6.95. The second kappa shape index (κ2) is 9.82. The largest absolute Gasteiger partial charge is 0.340 e. The summed E-state index contributed by atoms with van der Waals surface area (Å²) in [6.45, 7) is 7.70. The topological polar surface area (TPSA) is 58.1 Å². The van der Waals surface area contributed by atoms with E-state index in [0.29, 0.717) is 23.8 Å². The van der Waals surface area contributed by atoms with Crippen LogP contribution in [-0.2, 0) is 0 Å². The van der Waals surface area contributed by atoms with Crippen molar-refractivity contribution in [3.63, 3.8) is 0 Å². The van der Waals surface area contributed by atoms with Gasteiger partial charge in [-0.1, -0.05) is 49.2 Å². The molecule has 5 nitrogen and oxygen atoms in total. The van der Waals surface area contributed by atoms with Gasteiger partial charge in [0.1, 0.15) is 5.82 Å². The van der Waals surface area contributed by atoms with Gasteiger partial charge in [0.15, 0.2) is 5.82 Å². The third kappa shape index (κ3) is 5.41. The Morgan fingerprint density at radius 2 is 1.86 bits per heavy atom. The highest BCUT2D eigenvalue weighted by Crippen LogP contribution is 2.21. The SMILES string of the molecule is CCCCN(CC)C(=O)c1cccc(Nc2ccnc(-c3ccc(C)cc3)n2)c1. The number of benzene rings is 2. The standard InChI is InChI=1S/C24H28N4O/c1-4-6-16-28(5-2)24(29)20-8-7-9-21(17-20)26-22-14-15-25-23(27-22)19-12-10-18(3)11-13-19/h7-15,17H,4-6,16H2,1-3H3,(H,25,26,27). The number of hydrogen-bond acceptors (Lipinski definition) is 4. The Hall–Kier alpha value is -3.21. The van der Waals surface area contributed by atoms with Crippen LogP contribution in [0.15, 0.2) is 60.8 Å². The molecule has 0 radical (unpaired) electrons. The lowest BCUT2D eigenvalue weighted by Gasteiger charge is -2.21. The van der Waals surface area contributed by atoms with E-state index < -0.39 is 0 Å². The van der Waals surface area contributed by atoms with Gasteiger partial charge in [0.05, 0.1) is 0 Å². The van der Waals surface area contributed by atoms with Gasteiger partial charge in [0.2, 0.25) is 0 Å². The molecule has 1 amide bonds. The molecule has 0 saturated heterocycles. The summed E-state index contributed by atoms with van der Waals surface area (Å²) >= 11 is 0. The zero-order chi connectivity index (χ0) is 20.6. The minimum absolute atomic E-state index is 0.0626. The van der Waals surface area contributed by atoms with Crippen LogP contribution in [0.3, 0.4) is 0 Å². The number of carbonyl (C=O) groups excluding carboxylic acids is 1. The molecule has 150 valence electrons. The van der Waals surface area contributed by atoms with Gasteiger partial charge < -0.3 is 10.2 Å². The lowest BCUT2D eigenvalue weighted by Crippen LogP contribution is -2.31. The molecule has 0 saturated carbocycles. The summed E-state index contributed by atoms with van der Waals surface area (Å²) in [7, 11) is 0. The maximum Gasteiger partial charge on any atom is 0.253 e. The molecule has 0 atom stereocenters. The predicted octanol–water partition coefficient (Wildman–Crippen LogP) is 5.46. The van der Waals surface area contributed by atoms with Crippen LogP contribution in [0.1, 0.15) is 42.6 Å². The van der Waals surface area contributed by atoms with Gasteiger partial charge in [-0.25, -0.2) is 9.97 Å². The summed E-state index contributed by atoms with van der Waals surface area (Å²) in [6, 6.07) is 17.5. The summed E-state index contributed by atoms with van der Waals surface area (Å²) < 4.78 is 0. The molecule has 1 heterocycles. The van der Waals surface area contributed by atoms with Crippen molar-refractivity contribution in [1.29, 1.82) is 0 Å². The second-order valence-electron chi connectivity index (χ2n) is 7.08. The van der Waals surface area contributed by atoms with E-state index in [0.717, 1.165) is 30.6 Å². The normalized spacial score (nSPS) is 10.6. The molecule has 0 aliphatic carbocycles. The summed E-state index contributed by atoms with van der Waals surface area (Å²) in [6.07, 6.45) is 3.83. The van der Waals surface area contributed by atoms with Crippen LogP contribution in [-0.4, -0.2) is 33.9 Å². The van der Waals surface area contributed by atoms with E-state index in [2.05, 4.69) is 29.1 Å². The minimum Gasteiger partial charge on any atom is -0.340 e. The van der Waals surface area contributed by atoms with Crippen molar-refractivity contribution < 1.29 is 4.79 Å². The van der Waals surface area contributed by atoms with E-state index in [9.17, 15) is 4.79 Å². The first-order chi connectivity index (χ1) is 14.1. The van der Waals surface area contributed by atoms with E-state index in [1.165, 1.54) is 5.56 Å². The second-order valence-corrected chi connectivity index (χ2v) is 7.08. The lowest BCUT2D eigenvalue weighted by atomic mass is 10.1. The average molecular weight is 389 g/mol. The highest BCUT2D eigenvalue weighted by atomic mass is 16.2. The Bertz CT molecular complexity index is 953. The highest BCUT2D eigenvalue weighted by Gasteiger charge is 2.14. The number of anilines is 2. The summed E-state index contributed by atoms with van der Waals surface area (Å²) in [5.41, 5.74) is 3.68. The van der Waals surface area contributed by atoms with Gasteiger partial charge in [-0.05, 0) is 44.5 Å². The number of amides is 1. The molecule has 29 heavy (non-hydrogen) atoms. The maximum atomic E-state index is 12.8. The number of rotatable bonds is 8. The van der Waals surface area contributed by atoms with Crippen LogP contribution in [0.5, 0.6) is 0 Å². The van der Waals surface area contributed by atoms with Crippen LogP contribution in [0.4, 0.5) is 11.5 Å². The van der Waals surface area contributed by atoms with Crippen LogP contribution in [0, 0.1) is 6.92 Å². The number of aromatic nitrogens is 2. The lowest BCUT2D eigenvalue weighted by molar-refractivity contribution is 0.0762. The molecule has 0 fully saturated rings. The molecule has 0 spiro atoms. The van der Waals surface area contributed by atoms with Crippen LogP contribution in [0.25, 0.3) is 11.4 Å². The minimum atomic E-state index is 0.0626. The van der Waals surface area contributed by atoms with Crippen molar-refractivity contribution in [1.82, 2.24) is 14.9 Å². The monoisotopic (exact) mass is 388 g/mol. The van der Waals surface area contributed by atoms with Crippen LogP contribution < -0.4 is 5.32 Å². The van der Waals surface area contributed by atoms with Gasteiger partial charge in [-0.2, -0.15) is 0 Å². The van der Waals surface area contributed by atoms with Gasteiger partial charge in [-0.15, -0.1) is 0 Å². The average Bonchev–Trinajstić information content (AvgIpc) is 2.75. The smallest absolute Gasteiger partial charge is 0.253 e. The molecule has 2 aromatic carbocycles. The van der Waals surface area contributed by atoms with E-state index in [1.807, 2.05) is 66.4 Å². The first-order valence-corrected chi connectivity index (χ1v) is 10.2. The van der Waals surface area contributed by atoms with Crippen molar-refractivity contribution in [3.05, 3.63) is 71.9 Å². The Morgan fingerprint density at radius 1 is 1.07 bits per heavy atom. The van der Waals surface area contributed by atoms with Crippen LogP contribution >= 0.6 is 0 Å². The summed E-state index contributed by atoms with van der Waals surface area (Å²) in [5, 5.41) is 3.30. The Balaban J connectivity index is 1.77. The van der Waals surface area contributed by atoms with Crippen molar-refractivity contribution in [2.24, 2.45) is 0 Å². The van der Waals surface area contributed by atoms with Gasteiger partial charge in [0, 0.05) is 36.1 Å². The van der Waals surface area contributed by atoms with Gasteiger partial charge in [0.25, 0.3) is 5.91 Å². The van der Waals surface area contributed by atoms with Gasteiger partial charge in [-0.3, -0.25) is 4.79 Å². The van der Waals surface area contributed by atoms with Crippen molar-refractivity contribution in [3.8, 4) is 11.4 Å². The van der Waals surface area contributed by atoms with Gasteiger partial charge >= 0.3 is 0 Å². The molecule has 0 bridgehead atoms. The van der Waals surface area contributed by atoms with Crippen molar-refractivity contribution in [2.45, 2.75) is 33.6 Å². The van der Waals surface area contributed by atoms with E-state index >= 15 is 0 Å². The predicted molar refractivity (Wildman–Crippen MR) is 118 cm³/mol. The summed E-state index contributed by atoms with van der Waals surface area (Å²) in [5.74, 6) is 1.42. The number of nitrogens with one attached hydrogen (secondary N) is 1. The third-order valence-corrected chi connectivity index (χ3v) is 4.80. The molecule has 0 aliphatic rings. The zero-order valence-electron chi connectivity index (χ0n) is 17.4. The van der Waals surface area contributed by atoms with Crippen LogP contribution in [0.2, 0.25) is 0 Å². The number of hydrogen-bond donors (Lipinski definition) is 1. The fourth-order valence-electron chi connectivity index (χ4n) is 3.08. The first-order valence-electron chi connectivity index (χ1n) is 10.2. The third-order valence-electron chi connectivity index (χ3n) is 4.80. The molecule has 1 N–H and O–H groups in total. The molecule has 3 rings (SSSR count). The van der Waals surface area contributed by atoms with Crippen molar-refractivity contribution >= 4 is 17.4 Å². The molecule has 5 heteroatoms. The number of unbranched alkanes of at least 4 members (excludes halogenated alkanes) is 1. The molecule has 0 aliphatic heterocycles. The number of aryl methyl sites for hydroxylation is 1. The van der Waals surface area contributed by atoms with E-state index in [1.54, 1.807) is 6.20 Å². The molecule has 3 aromatic rings. The molecule has 0 unspecified atom stereocenters. The summed E-state index contributed by atoms with van der Waals surface area (Å²) in [4.78, 5) is 23.7. The fraction of sp³-hybridized carbons (Fsp3) is 0.292. The number of nitrogens with zero attached hydrogens (tertiary/aromatic N) is 3. The zero-order valence-corrected chi connectivity index (χ0v) is 17.4. The fourth-order valence-corrected chi connectivity index (χ4v) is 3.08. The number of carbonyl (C=O) groups is 1. The Morgan fingerprint density at radius 3 is 2.59 bits per heavy atom. The first kappa shape index (κ1) is 20.5. The molecular weight excluding hydrogens is 360 g/mol. The van der Waals surface area contributed by atoms with E-state index in [-0.39, 0.29) is 5.91 Å². The van der Waals surface area contributed by atoms with E-state index in [4.69, 9.17) is 0 Å². The molecule has 1 aromatic heterocycles. The quantitative estimate of drug-likeness (QED) is 0.557. The maximum absolute atomic E-state index is 12.8. The van der Waals surface area contributed by atoms with Crippen molar-refractivity contribution in [2.75, 3.05) is 18.4 Å². The molecular formula is C24H28N4O. The highest BCUT2D eigenvalue weighted by molar-refractivity contribution is 5.95.